The topological polar surface area (TPSA) is 55.8 Å². The third-order valence-corrected chi connectivity index (χ3v) is 8.60. The Bertz CT molecular complexity index is 1080. The third-order valence-electron chi connectivity index (χ3n) is 6.24. The average molecular weight is 532 g/mol. The van der Waals surface area contributed by atoms with Gasteiger partial charge in [0.1, 0.15) is 0 Å². The summed E-state index contributed by atoms with van der Waals surface area (Å²) in [7, 11) is -4.56. The lowest BCUT2D eigenvalue weighted by molar-refractivity contribution is -0.0500. The summed E-state index contributed by atoms with van der Waals surface area (Å²) in [6, 6.07) is 12.7. The maximum atomic E-state index is 13.0. The molecule has 0 aromatic heterocycles. The molecule has 0 saturated carbocycles. The van der Waals surface area contributed by atoms with E-state index in [1.165, 1.54) is 24.9 Å². The molecule has 0 amide bonds. The molecular formula is C25H32F3NO4S2. The predicted molar refractivity (Wildman–Crippen MR) is 134 cm³/mol. The minimum atomic E-state index is -5.83. The number of hydrogen-bond acceptors (Lipinski definition) is 6. The second-order valence-corrected chi connectivity index (χ2v) is 11.4. The molecule has 0 spiro atoms. The Morgan fingerprint density at radius 1 is 1.03 bits per heavy atom. The number of thioether (sulfide) groups is 1. The van der Waals surface area contributed by atoms with Gasteiger partial charge < -0.3 is 13.8 Å². The number of nitrogens with zero attached hydrogens (tertiary/aromatic N) is 1. The van der Waals surface area contributed by atoms with Crippen LogP contribution in [0.25, 0.3) is 0 Å². The standard InChI is InChI=1S/C25H32F3NO4S2/c1-4-6-13-24(14-7-5-2)17-29(19-11-9-8-10-12-19)20-15-21(32-3)22(16-23(20)34-18-24)33-35(30,31)25(26,27)28/h8-12,15-16H,4-7,13-14,17-18H2,1-3H3. The van der Waals surface area contributed by atoms with Crippen LogP contribution in [-0.2, 0) is 10.1 Å². The van der Waals surface area contributed by atoms with E-state index in [1.807, 2.05) is 30.3 Å². The molecule has 0 fully saturated rings. The molecule has 0 unspecified atom stereocenters. The summed E-state index contributed by atoms with van der Waals surface area (Å²) in [5.41, 5.74) is -3.85. The Labute approximate surface area is 210 Å². The van der Waals surface area contributed by atoms with Gasteiger partial charge >= 0.3 is 15.6 Å². The number of halogens is 3. The zero-order valence-corrected chi connectivity index (χ0v) is 21.9. The summed E-state index contributed by atoms with van der Waals surface area (Å²) in [4.78, 5) is 2.82. The summed E-state index contributed by atoms with van der Waals surface area (Å²) >= 11 is 1.53. The number of fused-ring (bicyclic) bond motifs is 1. The number of alkyl halides is 3. The van der Waals surface area contributed by atoms with E-state index in [0.717, 1.165) is 62.2 Å². The normalized spacial score (nSPS) is 15.9. The Morgan fingerprint density at radius 3 is 2.20 bits per heavy atom. The average Bonchev–Trinajstić information content (AvgIpc) is 2.98. The molecule has 3 rings (SSSR count). The van der Waals surface area contributed by atoms with E-state index in [-0.39, 0.29) is 11.2 Å². The largest absolute Gasteiger partial charge is 0.534 e. The number of methoxy groups -OCH3 is 1. The molecule has 35 heavy (non-hydrogen) atoms. The number of rotatable bonds is 10. The van der Waals surface area contributed by atoms with Crippen LogP contribution in [-0.4, -0.2) is 33.3 Å². The smallest absolute Gasteiger partial charge is 0.493 e. The summed E-state index contributed by atoms with van der Waals surface area (Å²) in [6.07, 6.45) is 6.33. The van der Waals surface area contributed by atoms with E-state index in [4.69, 9.17) is 4.74 Å². The molecular weight excluding hydrogens is 499 g/mol. The van der Waals surface area contributed by atoms with Crippen molar-refractivity contribution in [2.45, 2.75) is 62.8 Å². The zero-order valence-electron chi connectivity index (χ0n) is 20.2. The molecule has 0 N–H and O–H groups in total. The summed E-state index contributed by atoms with van der Waals surface area (Å²) < 4.78 is 72.3. The van der Waals surface area contributed by atoms with Gasteiger partial charge in [-0.15, -0.1) is 11.8 Å². The van der Waals surface area contributed by atoms with Crippen molar-refractivity contribution in [3.8, 4) is 11.5 Å². The minimum Gasteiger partial charge on any atom is -0.493 e. The SMILES string of the molecule is CCCCC1(CCCC)CSc2cc(OS(=O)(=O)C(F)(F)F)c(OC)cc2N(c2ccccc2)C1. The van der Waals surface area contributed by atoms with Crippen molar-refractivity contribution in [2.24, 2.45) is 5.41 Å². The van der Waals surface area contributed by atoms with Crippen molar-refractivity contribution < 1.29 is 30.5 Å². The molecule has 0 aliphatic carbocycles. The summed E-state index contributed by atoms with van der Waals surface area (Å²) in [5.74, 6) is 0.215. The molecule has 1 aliphatic rings. The lowest BCUT2D eigenvalue weighted by Gasteiger charge is -2.37. The molecule has 0 radical (unpaired) electrons. The van der Waals surface area contributed by atoms with Crippen LogP contribution in [0.1, 0.15) is 52.4 Å². The van der Waals surface area contributed by atoms with Crippen molar-refractivity contribution in [2.75, 3.05) is 24.3 Å². The van der Waals surface area contributed by atoms with Gasteiger partial charge in [-0.1, -0.05) is 57.7 Å². The number of unbranched alkanes of at least 4 members (excludes halogenated alkanes) is 2. The highest BCUT2D eigenvalue weighted by atomic mass is 32.2. The molecule has 1 heterocycles. The lowest BCUT2D eigenvalue weighted by Crippen LogP contribution is -2.36. The van der Waals surface area contributed by atoms with Gasteiger partial charge in [0.25, 0.3) is 0 Å². The van der Waals surface area contributed by atoms with Gasteiger partial charge in [0.05, 0.1) is 12.8 Å². The Morgan fingerprint density at radius 2 is 1.66 bits per heavy atom. The van der Waals surface area contributed by atoms with Gasteiger partial charge in [0.15, 0.2) is 11.5 Å². The highest BCUT2D eigenvalue weighted by Crippen LogP contribution is 2.50. The van der Waals surface area contributed by atoms with Crippen molar-refractivity contribution in [3.05, 3.63) is 42.5 Å². The number of benzene rings is 2. The van der Waals surface area contributed by atoms with Crippen LogP contribution < -0.4 is 13.8 Å². The number of ether oxygens (including phenoxy) is 1. The van der Waals surface area contributed by atoms with Gasteiger partial charge in [-0.3, -0.25) is 0 Å². The Kier molecular flexibility index (Phi) is 8.91. The van der Waals surface area contributed by atoms with E-state index >= 15 is 0 Å². The molecule has 0 bridgehead atoms. The van der Waals surface area contributed by atoms with Crippen LogP contribution in [0.3, 0.4) is 0 Å². The quantitative estimate of drug-likeness (QED) is 0.233. The van der Waals surface area contributed by atoms with Crippen LogP contribution in [0.15, 0.2) is 47.4 Å². The van der Waals surface area contributed by atoms with E-state index in [0.29, 0.717) is 4.90 Å². The summed E-state index contributed by atoms with van der Waals surface area (Å²) in [6.45, 7) is 5.06. The van der Waals surface area contributed by atoms with Crippen LogP contribution in [0.5, 0.6) is 11.5 Å². The predicted octanol–water partition coefficient (Wildman–Crippen LogP) is 7.53. The number of anilines is 2. The second kappa shape index (κ2) is 11.3. The Hall–Kier alpha value is -2.07. The fraction of sp³-hybridized carbons (Fsp3) is 0.520. The van der Waals surface area contributed by atoms with Crippen LogP contribution in [0.4, 0.5) is 24.5 Å². The molecule has 0 saturated heterocycles. The third kappa shape index (κ3) is 6.39. The van der Waals surface area contributed by atoms with Gasteiger partial charge in [-0.2, -0.15) is 21.6 Å². The van der Waals surface area contributed by atoms with Gasteiger partial charge in [-0.25, -0.2) is 0 Å². The van der Waals surface area contributed by atoms with Gasteiger partial charge in [0, 0.05) is 35.0 Å². The maximum absolute atomic E-state index is 13.0. The molecule has 10 heteroatoms. The first kappa shape index (κ1) is 27.5. The molecule has 2 aromatic rings. The zero-order chi connectivity index (χ0) is 25.7. The first-order valence-corrected chi connectivity index (χ1v) is 14.1. The highest BCUT2D eigenvalue weighted by molar-refractivity contribution is 7.99. The molecule has 1 aliphatic heterocycles. The van der Waals surface area contributed by atoms with E-state index in [2.05, 4.69) is 22.9 Å². The lowest BCUT2D eigenvalue weighted by atomic mass is 9.79. The van der Waals surface area contributed by atoms with Crippen molar-refractivity contribution >= 4 is 33.3 Å². The van der Waals surface area contributed by atoms with Crippen molar-refractivity contribution in [3.63, 3.8) is 0 Å². The molecule has 0 atom stereocenters. The molecule has 194 valence electrons. The minimum absolute atomic E-state index is 0.0160. The number of para-hydroxylation sites is 1. The van der Waals surface area contributed by atoms with E-state index in [1.54, 1.807) is 6.07 Å². The fourth-order valence-corrected chi connectivity index (χ4v) is 6.12. The van der Waals surface area contributed by atoms with Gasteiger partial charge in [0.2, 0.25) is 0 Å². The number of hydrogen-bond donors (Lipinski definition) is 0. The first-order valence-electron chi connectivity index (χ1n) is 11.7. The maximum Gasteiger partial charge on any atom is 0.534 e. The van der Waals surface area contributed by atoms with Crippen LogP contribution in [0, 0.1) is 5.41 Å². The van der Waals surface area contributed by atoms with E-state index < -0.39 is 21.4 Å². The monoisotopic (exact) mass is 531 g/mol. The summed E-state index contributed by atoms with van der Waals surface area (Å²) in [5, 5.41) is 0. The van der Waals surface area contributed by atoms with Crippen LogP contribution >= 0.6 is 11.8 Å². The first-order chi connectivity index (χ1) is 16.6. The molecule has 5 nitrogen and oxygen atoms in total. The van der Waals surface area contributed by atoms with E-state index in [9.17, 15) is 21.6 Å². The molecule has 2 aromatic carbocycles. The Balaban J connectivity index is 2.13. The highest BCUT2D eigenvalue weighted by Gasteiger charge is 2.49. The second-order valence-electron chi connectivity index (χ2n) is 8.87. The van der Waals surface area contributed by atoms with Crippen molar-refractivity contribution in [1.29, 1.82) is 0 Å². The van der Waals surface area contributed by atoms with Crippen LogP contribution in [0.2, 0.25) is 0 Å². The van der Waals surface area contributed by atoms with Gasteiger partial charge in [-0.05, 0) is 30.4 Å². The fourth-order valence-electron chi connectivity index (χ4n) is 4.31. The van der Waals surface area contributed by atoms with Crippen molar-refractivity contribution in [1.82, 2.24) is 0 Å².